The Morgan fingerprint density at radius 2 is 2.09 bits per heavy atom. The van der Waals surface area contributed by atoms with Gasteiger partial charge >= 0.3 is 0 Å². The predicted molar refractivity (Wildman–Crippen MR) is 49.7 cm³/mol. The SMILES string of the molecule is C=C(Br)CN1CCC(O)CC1. The fraction of sp³-hybridized carbons (Fsp3) is 0.750. The molecule has 0 atom stereocenters. The molecule has 1 aliphatic heterocycles. The summed E-state index contributed by atoms with van der Waals surface area (Å²) in [7, 11) is 0. The lowest BCUT2D eigenvalue weighted by Crippen LogP contribution is -2.36. The molecule has 1 saturated heterocycles. The van der Waals surface area contributed by atoms with Gasteiger partial charge in [0, 0.05) is 24.1 Å². The third-order valence-electron chi connectivity index (χ3n) is 1.95. The number of hydrogen-bond donors (Lipinski definition) is 1. The van der Waals surface area contributed by atoms with Gasteiger partial charge < -0.3 is 5.11 Å². The number of aliphatic hydroxyl groups is 1. The lowest BCUT2D eigenvalue weighted by atomic mass is 10.1. The monoisotopic (exact) mass is 219 g/mol. The Labute approximate surface area is 76.0 Å². The fourth-order valence-corrected chi connectivity index (χ4v) is 1.67. The van der Waals surface area contributed by atoms with Gasteiger partial charge in [-0.05, 0) is 12.8 Å². The van der Waals surface area contributed by atoms with Crippen LogP contribution in [0.3, 0.4) is 0 Å². The van der Waals surface area contributed by atoms with Crippen molar-refractivity contribution in [1.29, 1.82) is 0 Å². The highest BCUT2D eigenvalue weighted by Gasteiger charge is 2.16. The third-order valence-corrected chi connectivity index (χ3v) is 2.20. The lowest BCUT2D eigenvalue weighted by molar-refractivity contribution is 0.0878. The minimum atomic E-state index is -0.0742. The zero-order chi connectivity index (χ0) is 8.27. The molecular weight excluding hydrogens is 206 g/mol. The molecule has 1 rings (SSSR count). The van der Waals surface area contributed by atoms with Crippen LogP contribution in [0.4, 0.5) is 0 Å². The second-order valence-electron chi connectivity index (χ2n) is 3.02. The minimum absolute atomic E-state index is 0.0742. The molecule has 0 unspecified atom stereocenters. The molecule has 0 bridgehead atoms. The molecule has 1 fully saturated rings. The summed E-state index contributed by atoms with van der Waals surface area (Å²) in [6.45, 7) is 6.67. The van der Waals surface area contributed by atoms with E-state index in [9.17, 15) is 5.11 Å². The van der Waals surface area contributed by atoms with E-state index in [1.807, 2.05) is 0 Å². The average Bonchev–Trinajstić information content (AvgIpc) is 1.93. The molecule has 64 valence electrons. The average molecular weight is 220 g/mol. The highest BCUT2D eigenvalue weighted by atomic mass is 79.9. The molecule has 0 spiro atoms. The standard InChI is InChI=1S/C8H14BrNO/c1-7(9)6-10-4-2-8(11)3-5-10/h8,11H,1-6H2. The van der Waals surface area contributed by atoms with Gasteiger partial charge in [0.2, 0.25) is 0 Å². The van der Waals surface area contributed by atoms with Gasteiger partial charge in [-0.2, -0.15) is 0 Å². The smallest absolute Gasteiger partial charge is 0.0564 e. The molecule has 0 aromatic carbocycles. The first-order valence-electron chi connectivity index (χ1n) is 3.92. The summed E-state index contributed by atoms with van der Waals surface area (Å²) in [5.41, 5.74) is 0. The number of halogens is 1. The van der Waals surface area contributed by atoms with Crippen LogP contribution < -0.4 is 0 Å². The number of aliphatic hydroxyl groups excluding tert-OH is 1. The Kier molecular flexibility index (Phi) is 3.55. The van der Waals surface area contributed by atoms with E-state index >= 15 is 0 Å². The van der Waals surface area contributed by atoms with Crippen LogP contribution in [0.15, 0.2) is 11.1 Å². The van der Waals surface area contributed by atoms with Crippen molar-refractivity contribution in [3.05, 3.63) is 11.1 Å². The van der Waals surface area contributed by atoms with Gasteiger partial charge in [0.1, 0.15) is 0 Å². The van der Waals surface area contributed by atoms with Crippen LogP contribution in [0.1, 0.15) is 12.8 Å². The molecule has 1 heterocycles. The highest BCUT2D eigenvalue weighted by Crippen LogP contribution is 2.12. The summed E-state index contributed by atoms with van der Waals surface area (Å²) < 4.78 is 1.02. The van der Waals surface area contributed by atoms with E-state index in [1.165, 1.54) is 0 Å². The van der Waals surface area contributed by atoms with E-state index in [2.05, 4.69) is 27.4 Å². The van der Waals surface area contributed by atoms with Gasteiger partial charge in [-0.1, -0.05) is 22.5 Å². The second-order valence-corrected chi connectivity index (χ2v) is 4.15. The number of piperidine rings is 1. The summed E-state index contributed by atoms with van der Waals surface area (Å²) in [6.07, 6.45) is 1.73. The van der Waals surface area contributed by atoms with Crippen LogP contribution in [0.5, 0.6) is 0 Å². The molecule has 0 aromatic heterocycles. The van der Waals surface area contributed by atoms with E-state index in [4.69, 9.17) is 0 Å². The fourth-order valence-electron chi connectivity index (χ4n) is 1.32. The summed E-state index contributed by atoms with van der Waals surface area (Å²) in [4.78, 5) is 2.30. The maximum absolute atomic E-state index is 9.20. The molecule has 0 aliphatic carbocycles. The molecular formula is C8H14BrNO. The Morgan fingerprint density at radius 1 is 1.55 bits per heavy atom. The predicted octanol–water partition coefficient (Wildman–Crippen LogP) is 1.35. The molecule has 1 N–H and O–H groups in total. The lowest BCUT2D eigenvalue weighted by Gasteiger charge is -2.28. The Hall–Kier alpha value is 0.140. The summed E-state index contributed by atoms with van der Waals surface area (Å²) in [5.74, 6) is 0. The first-order valence-corrected chi connectivity index (χ1v) is 4.71. The van der Waals surface area contributed by atoms with E-state index in [-0.39, 0.29) is 6.10 Å². The molecule has 0 aromatic rings. The van der Waals surface area contributed by atoms with Crippen molar-refractivity contribution in [3.63, 3.8) is 0 Å². The Bertz CT molecular complexity index is 141. The van der Waals surface area contributed by atoms with Crippen molar-refractivity contribution >= 4 is 15.9 Å². The van der Waals surface area contributed by atoms with Crippen molar-refractivity contribution < 1.29 is 5.11 Å². The van der Waals surface area contributed by atoms with Gasteiger partial charge in [0.15, 0.2) is 0 Å². The van der Waals surface area contributed by atoms with Gasteiger partial charge in [-0.3, -0.25) is 4.90 Å². The van der Waals surface area contributed by atoms with Crippen LogP contribution in [0.25, 0.3) is 0 Å². The Balaban J connectivity index is 2.22. The molecule has 0 saturated carbocycles. The first kappa shape index (κ1) is 9.23. The summed E-state index contributed by atoms with van der Waals surface area (Å²) in [5, 5.41) is 9.20. The number of nitrogens with zero attached hydrogens (tertiary/aromatic N) is 1. The van der Waals surface area contributed by atoms with Crippen molar-refractivity contribution in [2.24, 2.45) is 0 Å². The van der Waals surface area contributed by atoms with E-state index in [0.29, 0.717) is 0 Å². The largest absolute Gasteiger partial charge is 0.393 e. The van der Waals surface area contributed by atoms with E-state index < -0.39 is 0 Å². The normalized spacial score (nSPS) is 22.0. The highest BCUT2D eigenvalue weighted by molar-refractivity contribution is 9.11. The zero-order valence-corrected chi connectivity index (χ0v) is 8.18. The molecule has 11 heavy (non-hydrogen) atoms. The van der Waals surface area contributed by atoms with Crippen molar-refractivity contribution in [2.45, 2.75) is 18.9 Å². The maximum atomic E-state index is 9.20. The molecule has 0 amide bonds. The first-order chi connectivity index (χ1) is 5.18. The van der Waals surface area contributed by atoms with E-state index in [0.717, 1.165) is 37.0 Å². The molecule has 3 heteroatoms. The van der Waals surface area contributed by atoms with Gasteiger partial charge in [0.05, 0.1) is 6.10 Å². The van der Waals surface area contributed by atoms with Crippen LogP contribution in [0, 0.1) is 0 Å². The van der Waals surface area contributed by atoms with E-state index in [1.54, 1.807) is 0 Å². The van der Waals surface area contributed by atoms with Crippen LogP contribution >= 0.6 is 15.9 Å². The topological polar surface area (TPSA) is 23.5 Å². The summed E-state index contributed by atoms with van der Waals surface area (Å²) >= 11 is 3.33. The molecule has 0 radical (unpaired) electrons. The molecule has 1 aliphatic rings. The third kappa shape index (κ3) is 3.36. The van der Waals surface area contributed by atoms with Crippen molar-refractivity contribution in [1.82, 2.24) is 4.90 Å². The number of hydrogen-bond acceptors (Lipinski definition) is 2. The van der Waals surface area contributed by atoms with Crippen LogP contribution in [0.2, 0.25) is 0 Å². The summed E-state index contributed by atoms with van der Waals surface area (Å²) in [6, 6.07) is 0. The van der Waals surface area contributed by atoms with Gasteiger partial charge in [0.25, 0.3) is 0 Å². The second kappa shape index (κ2) is 4.24. The van der Waals surface area contributed by atoms with Gasteiger partial charge in [-0.25, -0.2) is 0 Å². The van der Waals surface area contributed by atoms with Crippen LogP contribution in [-0.2, 0) is 0 Å². The number of rotatable bonds is 2. The number of likely N-dealkylation sites (tertiary alicyclic amines) is 1. The van der Waals surface area contributed by atoms with Crippen molar-refractivity contribution in [3.8, 4) is 0 Å². The minimum Gasteiger partial charge on any atom is -0.393 e. The Morgan fingerprint density at radius 3 is 2.55 bits per heavy atom. The molecule has 2 nitrogen and oxygen atoms in total. The van der Waals surface area contributed by atoms with Gasteiger partial charge in [-0.15, -0.1) is 0 Å². The van der Waals surface area contributed by atoms with Crippen molar-refractivity contribution in [2.75, 3.05) is 19.6 Å². The maximum Gasteiger partial charge on any atom is 0.0564 e. The zero-order valence-electron chi connectivity index (χ0n) is 6.59. The van der Waals surface area contributed by atoms with Crippen LogP contribution in [-0.4, -0.2) is 35.7 Å². The quantitative estimate of drug-likeness (QED) is 0.759.